The molecule has 6 heteroatoms. The van der Waals surface area contributed by atoms with E-state index in [4.69, 9.17) is 5.73 Å². The molecule has 0 saturated heterocycles. The molecule has 90 valence electrons. The summed E-state index contributed by atoms with van der Waals surface area (Å²) in [7, 11) is 0. The maximum absolute atomic E-state index is 6.17. The quantitative estimate of drug-likeness (QED) is 0.842. The van der Waals surface area contributed by atoms with E-state index >= 15 is 0 Å². The van der Waals surface area contributed by atoms with Crippen molar-refractivity contribution in [3.8, 4) is 0 Å². The summed E-state index contributed by atoms with van der Waals surface area (Å²) in [5.74, 6) is 0. The summed E-state index contributed by atoms with van der Waals surface area (Å²) < 4.78 is 0.947. The zero-order chi connectivity index (χ0) is 12.1. The van der Waals surface area contributed by atoms with Crippen LogP contribution in [0.1, 0.15) is 24.2 Å². The van der Waals surface area contributed by atoms with Crippen molar-refractivity contribution >= 4 is 23.1 Å². The fourth-order valence-corrected chi connectivity index (χ4v) is 3.38. The van der Waals surface area contributed by atoms with Crippen LogP contribution in [-0.2, 0) is 0 Å². The number of pyridine rings is 1. The predicted molar refractivity (Wildman–Crippen MR) is 71.0 cm³/mol. The Labute approximate surface area is 109 Å². The average Bonchev–Trinajstić information content (AvgIpc) is 2.89. The van der Waals surface area contributed by atoms with Gasteiger partial charge in [0, 0.05) is 18.4 Å². The molecule has 0 bridgehead atoms. The second-order valence-electron chi connectivity index (χ2n) is 3.60. The molecule has 2 atom stereocenters. The van der Waals surface area contributed by atoms with Gasteiger partial charge >= 0.3 is 0 Å². The standard InChI is InChI=1S/C11H14N4S2/c1-2-9(12)10(8-4-3-5-13-6-8)17-11-15-14-7-16-11/h3-7,9-10H,2,12H2,1H3. The highest BCUT2D eigenvalue weighted by Crippen LogP contribution is 2.38. The minimum atomic E-state index is 0.0908. The van der Waals surface area contributed by atoms with E-state index in [1.807, 2.05) is 12.3 Å². The van der Waals surface area contributed by atoms with Gasteiger partial charge in [-0.3, -0.25) is 4.98 Å². The molecule has 2 unspecified atom stereocenters. The van der Waals surface area contributed by atoms with Crippen molar-refractivity contribution in [1.29, 1.82) is 0 Å². The molecule has 0 spiro atoms. The van der Waals surface area contributed by atoms with E-state index in [0.29, 0.717) is 0 Å². The molecular weight excluding hydrogens is 252 g/mol. The van der Waals surface area contributed by atoms with Gasteiger partial charge in [-0.1, -0.05) is 36.1 Å². The Morgan fingerprint density at radius 2 is 2.41 bits per heavy atom. The Morgan fingerprint density at radius 1 is 1.53 bits per heavy atom. The van der Waals surface area contributed by atoms with E-state index in [1.165, 1.54) is 11.3 Å². The van der Waals surface area contributed by atoms with Crippen molar-refractivity contribution in [2.24, 2.45) is 5.73 Å². The maximum Gasteiger partial charge on any atom is 0.174 e. The third-order valence-electron chi connectivity index (χ3n) is 2.44. The van der Waals surface area contributed by atoms with Crippen LogP contribution in [0.4, 0.5) is 0 Å². The average molecular weight is 266 g/mol. The van der Waals surface area contributed by atoms with Crippen LogP contribution in [0.15, 0.2) is 34.4 Å². The minimum absolute atomic E-state index is 0.0908. The van der Waals surface area contributed by atoms with Gasteiger partial charge in [0.25, 0.3) is 0 Å². The lowest BCUT2D eigenvalue weighted by molar-refractivity contribution is 0.632. The molecule has 0 aliphatic carbocycles. The van der Waals surface area contributed by atoms with Gasteiger partial charge in [0.1, 0.15) is 5.51 Å². The lowest BCUT2D eigenvalue weighted by Gasteiger charge is -2.21. The molecule has 2 heterocycles. The van der Waals surface area contributed by atoms with Crippen LogP contribution in [-0.4, -0.2) is 21.2 Å². The Bertz CT molecular complexity index is 432. The normalized spacial score (nSPS) is 14.5. The molecule has 0 radical (unpaired) electrons. The Kier molecular flexibility index (Phi) is 4.47. The zero-order valence-electron chi connectivity index (χ0n) is 9.48. The Balaban J connectivity index is 2.20. The fraction of sp³-hybridized carbons (Fsp3) is 0.364. The summed E-state index contributed by atoms with van der Waals surface area (Å²) in [6.07, 6.45) is 4.56. The molecule has 2 rings (SSSR count). The van der Waals surface area contributed by atoms with Crippen molar-refractivity contribution in [3.05, 3.63) is 35.6 Å². The van der Waals surface area contributed by atoms with Crippen LogP contribution >= 0.6 is 23.1 Å². The molecule has 0 aliphatic rings. The Hall–Kier alpha value is -0.980. The fourth-order valence-electron chi connectivity index (χ4n) is 1.48. The molecular formula is C11H14N4S2. The maximum atomic E-state index is 6.17. The predicted octanol–water partition coefficient (Wildman–Crippen LogP) is 2.50. The molecule has 17 heavy (non-hydrogen) atoms. The topological polar surface area (TPSA) is 64.7 Å². The SMILES string of the molecule is CCC(N)C(Sc1nncs1)c1cccnc1. The summed E-state index contributed by atoms with van der Waals surface area (Å²) in [4.78, 5) is 4.15. The summed E-state index contributed by atoms with van der Waals surface area (Å²) in [5.41, 5.74) is 9.05. The number of hydrogen-bond donors (Lipinski definition) is 1. The van der Waals surface area contributed by atoms with Crippen LogP contribution in [0.5, 0.6) is 0 Å². The van der Waals surface area contributed by atoms with Crippen LogP contribution in [0.2, 0.25) is 0 Å². The number of rotatable bonds is 5. The van der Waals surface area contributed by atoms with Gasteiger partial charge in [0.2, 0.25) is 0 Å². The van der Waals surface area contributed by atoms with Crippen molar-refractivity contribution < 1.29 is 0 Å². The van der Waals surface area contributed by atoms with Crippen LogP contribution in [0, 0.1) is 0 Å². The van der Waals surface area contributed by atoms with Crippen molar-refractivity contribution in [1.82, 2.24) is 15.2 Å². The number of hydrogen-bond acceptors (Lipinski definition) is 6. The van der Waals surface area contributed by atoms with Crippen LogP contribution in [0.3, 0.4) is 0 Å². The molecule has 4 nitrogen and oxygen atoms in total. The number of nitrogens with two attached hydrogens (primary N) is 1. The van der Waals surface area contributed by atoms with Gasteiger partial charge < -0.3 is 5.73 Å². The third-order valence-corrected chi connectivity index (χ3v) is 4.66. The highest BCUT2D eigenvalue weighted by Gasteiger charge is 2.21. The van der Waals surface area contributed by atoms with Crippen molar-refractivity contribution in [2.45, 2.75) is 29.0 Å². The summed E-state index contributed by atoms with van der Waals surface area (Å²) in [6, 6.07) is 4.08. The van der Waals surface area contributed by atoms with Gasteiger partial charge in [0.05, 0.1) is 5.25 Å². The highest BCUT2D eigenvalue weighted by atomic mass is 32.2. The van der Waals surface area contributed by atoms with E-state index in [-0.39, 0.29) is 11.3 Å². The number of thioether (sulfide) groups is 1. The molecule has 0 fully saturated rings. The first-order valence-corrected chi connectivity index (χ1v) is 7.15. The Morgan fingerprint density at radius 3 is 3.00 bits per heavy atom. The van der Waals surface area contributed by atoms with Crippen molar-refractivity contribution in [3.63, 3.8) is 0 Å². The van der Waals surface area contributed by atoms with E-state index in [1.54, 1.807) is 23.5 Å². The van der Waals surface area contributed by atoms with E-state index in [0.717, 1.165) is 16.3 Å². The molecule has 0 saturated carbocycles. The molecule has 2 aromatic heterocycles. The molecule has 2 N–H and O–H groups in total. The van der Waals surface area contributed by atoms with Gasteiger partial charge in [-0.05, 0) is 18.1 Å². The van der Waals surface area contributed by atoms with Crippen LogP contribution in [0.25, 0.3) is 0 Å². The lowest BCUT2D eigenvalue weighted by Crippen LogP contribution is -2.25. The minimum Gasteiger partial charge on any atom is -0.326 e. The van der Waals surface area contributed by atoms with E-state index in [9.17, 15) is 0 Å². The second kappa shape index (κ2) is 6.09. The smallest absolute Gasteiger partial charge is 0.174 e. The van der Waals surface area contributed by atoms with Crippen LogP contribution < -0.4 is 5.73 Å². The highest BCUT2D eigenvalue weighted by molar-refractivity contribution is 8.01. The summed E-state index contributed by atoms with van der Waals surface area (Å²) in [6.45, 7) is 2.09. The molecule has 0 aromatic carbocycles. The van der Waals surface area contributed by atoms with Gasteiger partial charge in [-0.15, -0.1) is 10.2 Å². The monoisotopic (exact) mass is 266 g/mol. The first kappa shape index (κ1) is 12.5. The van der Waals surface area contributed by atoms with Gasteiger partial charge in [-0.2, -0.15) is 0 Å². The molecule has 0 amide bonds. The molecule has 0 aliphatic heterocycles. The van der Waals surface area contributed by atoms with Crippen molar-refractivity contribution in [2.75, 3.05) is 0 Å². The van der Waals surface area contributed by atoms with Gasteiger partial charge in [0.15, 0.2) is 4.34 Å². The first-order valence-electron chi connectivity index (χ1n) is 5.39. The third kappa shape index (κ3) is 3.24. The molecule has 2 aromatic rings. The first-order chi connectivity index (χ1) is 8.31. The summed E-state index contributed by atoms with van der Waals surface area (Å²) >= 11 is 3.20. The van der Waals surface area contributed by atoms with Gasteiger partial charge in [-0.25, -0.2) is 0 Å². The van der Waals surface area contributed by atoms with E-state index < -0.39 is 0 Å². The number of aromatic nitrogens is 3. The lowest BCUT2D eigenvalue weighted by atomic mass is 10.1. The summed E-state index contributed by atoms with van der Waals surface area (Å²) in [5, 5.41) is 8.08. The van der Waals surface area contributed by atoms with E-state index in [2.05, 4.69) is 28.2 Å². The second-order valence-corrected chi connectivity index (χ2v) is 5.82. The largest absolute Gasteiger partial charge is 0.326 e. The zero-order valence-corrected chi connectivity index (χ0v) is 11.1. The number of nitrogens with zero attached hydrogens (tertiary/aromatic N) is 3.